The van der Waals surface area contributed by atoms with E-state index >= 15 is 0 Å². The van der Waals surface area contributed by atoms with Crippen molar-refractivity contribution < 1.29 is 4.79 Å². The molecule has 0 saturated carbocycles. The fourth-order valence-corrected chi connectivity index (χ4v) is 6.15. The van der Waals surface area contributed by atoms with Gasteiger partial charge in [-0.15, -0.1) is 0 Å². The van der Waals surface area contributed by atoms with Crippen molar-refractivity contribution in [2.24, 2.45) is 0 Å². The lowest BCUT2D eigenvalue weighted by Crippen LogP contribution is -2.35. The number of carbonyl (C=O) groups is 1. The molecule has 6 rings (SSSR count). The van der Waals surface area contributed by atoms with Crippen LogP contribution >= 0.6 is 35.0 Å². The van der Waals surface area contributed by atoms with Crippen LogP contribution in [0.1, 0.15) is 27.9 Å². The molecular formula is C24H21Cl2N5OS. The molecule has 2 aromatic carbocycles. The second kappa shape index (κ2) is 8.47. The molecule has 168 valence electrons. The number of hydrogen-bond donors (Lipinski definition) is 1. The van der Waals surface area contributed by atoms with Gasteiger partial charge in [0.1, 0.15) is 5.03 Å². The van der Waals surface area contributed by atoms with Crippen LogP contribution in [-0.4, -0.2) is 45.8 Å². The lowest BCUT2D eigenvalue weighted by molar-refractivity contribution is 0.0985. The summed E-state index contributed by atoms with van der Waals surface area (Å²) in [5.74, 6) is 0.652. The fourth-order valence-electron chi connectivity index (χ4n) is 4.60. The number of aromatic nitrogens is 2. The summed E-state index contributed by atoms with van der Waals surface area (Å²) < 4.78 is 0. The van der Waals surface area contributed by atoms with Crippen LogP contribution in [0.25, 0.3) is 0 Å². The first-order chi connectivity index (χ1) is 16.1. The number of nitrogens with one attached hydrogen (secondary N) is 1. The van der Waals surface area contributed by atoms with Crippen LogP contribution in [0.15, 0.2) is 47.6 Å². The minimum Gasteiger partial charge on any atom is -0.324 e. The van der Waals surface area contributed by atoms with Gasteiger partial charge in [0.25, 0.3) is 5.91 Å². The van der Waals surface area contributed by atoms with Crippen molar-refractivity contribution in [3.8, 4) is 0 Å². The summed E-state index contributed by atoms with van der Waals surface area (Å²) in [5.41, 5.74) is 4.76. The van der Waals surface area contributed by atoms with Gasteiger partial charge < -0.3 is 5.32 Å². The number of benzene rings is 2. The van der Waals surface area contributed by atoms with E-state index in [2.05, 4.69) is 38.4 Å². The first-order valence-corrected chi connectivity index (χ1v) is 12.7. The molecule has 1 N–H and O–H groups in total. The second-order valence-electron chi connectivity index (χ2n) is 8.53. The molecule has 1 aliphatic carbocycles. The van der Waals surface area contributed by atoms with E-state index < -0.39 is 0 Å². The predicted octanol–water partition coefficient (Wildman–Crippen LogP) is 5.41. The molecule has 1 unspecified atom stereocenters. The van der Waals surface area contributed by atoms with E-state index in [1.54, 1.807) is 29.3 Å². The quantitative estimate of drug-likeness (QED) is 0.384. The zero-order valence-corrected chi connectivity index (χ0v) is 20.1. The van der Waals surface area contributed by atoms with Crippen molar-refractivity contribution in [1.29, 1.82) is 0 Å². The summed E-state index contributed by atoms with van der Waals surface area (Å²) in [4.78, 5) is 26.3. The highest BCUT2D eigenvalue weighted by Crippen LogP contribution is 2.39. The Hall–Kier alpha value is -2.32. The third-order valence-corrected chi connectivity index (χ3v) is 8.01. The summed E-state index contributed by atoms with van der Waals surface area (Å²) in [5, 5.41) is 4.84. The molecule has 9 heteroatoms. The molecule has 2 aliphatic heterocycles. The molecule has 33 heavy (non-hydrogen) atoms. The Kier molecular flexibility index (Phi) is 5.45. The van der Waals surface area contributed by atoms with Gasteiger partial charge in [-0.1, -0.05) is 47.1 Å². The van der Waals surface area contributed by atoms with Gasteiger partial charge in [-0.05, 0) is 54.7 Å². The zero-order chi connectivity index (χ0) is 22.5. The number of para-hydroxylation sites is 1. The number of aryl methyl sites for hydroxylation is 1. The SMILES string of the molecule is O=C1c2cnc(Nc3ccc4c(c3)CCC(N3CC3)C4)nc2SCN1c1c(Cl)cccc1Cl. The molecule has 0 bridgehead atoms. The Labute approximate surface area is 206 Å². The van der Waals surface area contributed by atoms with Crippen LogP contribution in [0.5, 0.6) is 0 Å². The minimum absolute atomic E-state index is 0.208. The van der Waals surface area contributed by atoms with Gasteiger partial charge in [0.15, 0.2) is 0 Å². The number of halogens is 2. The summed E-state index contributed by atoms with van der Waals surface area (Å²) in [7, 11) is 0. The van der Waals surface area contributed by atoms with Crippen molar-refractivity contribution in [3.63, 3.8) is 0 Å². The summed E-state index contributed by atoms with van der Waals surface area (Å²) in [6, 6.07) is 12.4. The third-order valence-electron chi connectivity index (χ3n) is 6.43. The standard InChI is InChI=1S/C24H21Cl2N5OS/c25-19-2-1-3-20(26)21(19)31-13-33-22-18(23(31)32)12-27-24(29-22)28-16-6-4-15-11-17(30-8-9-30)7-5-14(15)10-16/h1-4,6,10,12,17H,5,7-9,11,13H2,(H,27,28,29). The fraction of sp³-hybridized carbons (Fsp3) is 0.292. The lowest BCUT2D eigenvalue weighted by Gasteiger charge is -2.28. The molecule has 1 amide bonds. The molecule has 1 aromatic heterocycles. The third kappa shape index (κ3) is 4.08. The van der Waals surface area contributed by atoms with E-state index in [4.69, 9.17) is 23.2 Å². The largest absolute Gasteiger partial charge is 0.324 e. The van der Waals surface area contributed by atoms with E-state index in [1.165, 1.54) is 42.4 Å². The Bertz CT molecular complexity index is 1250. The highest BCUT2D eigenvalue weighted by molar-refractivity contribution is 7.99. The van der Waals surface area contributed by atoms with E-state index in [-0.39, 0.29) is 5.91 Å². The number of nitrogens with zero attached hydrogens (tertiary/aromatic N) is 4. The maximum atomic E-state index is 13.1. The zero-order valence-electron chi connectivity index (χ0n) is 17.7. The summed E-state index contributed by atoms with van der Waals surface area (Å²) in [6.45, 7) is 2.50. The van der Waals surface area contributed by atoms with E-state index in [0.717, 1.165) is 18.5 Å². The molecule has 1 fully saturated rings. The van der Waals surface area contributed by atoms with Gasteiger partial charge in [-0.25, -0.2) is 9.97 Å². The Morgan fingerprint density at radius 3 is 2.70 bits per heavy atom. The number of anilines is 3. The van der Waals surface area contributed by atoms with Crippen molar-refractivity contribution in [1.82, 2.24) is 14.9 Å². The Morgan fingerprint density at radius 1 is 1.09 bits per heavy atom. The van der Waals surface area contributed by atoms with Crippen LogP contribution in [-0.2, 0) is 12.8 Å². The summed E-state index contributed by atoms with van der Waals surface area (Å²) in [6.07, 6.45) is 5.03. The van der Waals surface area contributed by atoms with Crippen molar-refractivity contribution in [3.05, 3.63) is 69.3 Å². The van der Waals surface area contributed by atoms with Crippen molar-refractivity contribution in [2.45, 2.75) is 30.3 Å². The van der Waals surface area contributed by atoms with Crippen LogP contribution in [0.3, 0.4) is 0 Å². The van der Waals surface area contributed by atoms with Crippen LogP contribution in [0, 0.1) is 0 Å². The Morgan fingerprint density at radius 2 is 1.91 bits per heavy atom. The Balaban J connectivity index is 1.21. The minimum atomic E-state index is -0.208. The van der Waals surface area contributed by atoms with E-state index in [9.17, 15) is 4.79 Å². The van der Waals surface area contributed by atoms with Gasteiger partial charge in [0.2, 0.25) is 5.95 Å². The van der Waals surface area contributed by atoms with Crippen LogP contribution in [0.2, 0.25) is 10.0 Å². The highest BCUT2D eigenvalue weighted by atomic mass is 35.5. The predicted molar refractivity (Wildman–Crippen MR) is 133 cm³/mol. The van der Waals surface area contributed by atoms with Gasteiger partial charge in [0, 0.05) is 31.0 Å². The smallest absolute Gasteiger partial charge is 0.263 e. The molecule has 3 aliphatic rings. The number of thioether (sulfide) groups is 1. The number of rotatable bonds is 4. The monoisotopic (exact) mass is 497 g/mol. The van der Waals surface area contributed by atoms with Crippen LogP contribution in [0.4, 0.5) is 17.3 Å². The van der Waals surface area contributed by atoms with Crippen molar-refractivity contribution in [2.75, 3.05) is 29.2 Å². The molecular weight excluding hydrogens is 477 g/mol. The molecule has 3 heterocycles. The number of carbonyl (C=O) groups excluding carboxylic acids is 1. The number of amides is 1. The van der Waals surface area contributed by atoms with Gasteiger partial charge >= 0.3 is 0 Å². The van der Waals surface area contributed by atoms with Gasteiger partial charge in [-0.2, -0.15) is 0 Å². The normalized spacial score (nSPS) is 19.8. The van der Waals surface area contributed by atoms with Gasteiger partial charge in [0.05, 0.1) is 27.2 Å². The molecule has 1 saturated heterocycles. The van der Waals surface area contributed by atoms with E-state index in [0.29, 0.717) is 44.2 Å². The second-order valence-corrected chi connectivity index (χ2v) is 10.3. The van der Waals surface area contributed by atoms with Crippen LogP contribution < -0.4 is 10.2 Å². The maximum Gasteiger partial charge on any atom is 0.263 e. The molecule has 6 nitrogen and oxygen atoms in total. The molecule has 3 aromatic rings. The van der Waals surface area contributed by atoms with Crippen molar-refractivity contribution >= 4 is 58.2 Å². The molecule has 0 spiro atoms. The number of hydrogen-bond acceptors (Lipinski definition) is 6. The average Bonchev–Trinajstić information content (AvgIpc) is 3.66. The first-order valence-electron chi connectivity index (χ1n) is 11.0. The first kappa shape index (κ1) is 21.2. The lowest BCUT2D eigenvalue weighted by atomic mass is 9.88. The summed E-state index contributed by atoms with van der Waals surface area (Å²) >= 11 is 14.1. The average molecular weight is 498 g/mol. The topological polar surface area (TPSA) is 61.1 Å². The molecule has 0 radical (unpaired) electrons. The molecule has 1 atom stereocenters. The van der Waals surface area contributed by atoms with Gasteiger partial charge in [-0.3, -0.25) is 14.6 Å². The maximum absolute atomic E-state index is 13.1. The number of fused-ring (bicyclic) bond motifs is 2. The highest BCUT2D eigenvalue weighted by Gasteiger charge is 2.32. The van der Waals surface area contributed by atoms with E-state index in [1.807, 2.05) is 0 Å².